The van der Waals surface area contributed by atoms with E-state index < -0.39 is 21.6 Å². The number of hydrogen-bond donors (Lipinski definition) is 1. The van der Waals surface area contributed by atoms with Crippen LogP contribution in [0.4, 0.5) is 5.69 Å². The predicted octanol–water partition coefficient (Wildman–Crippen LogP) is 3.46. The van der Waals surface area contributed by atoms with Crippen LogP contribution >= 0.6 is 0 Å². The number of rotatable bonds is 8. The Kier molecular flexibility index (Phi) is 7.00. The third-order valence-electron chi connectivity index (χ3n) is 5.28. The molecule has 0 fully saturated rings. The Morgan fingerprint density at radius 3 is 2.31 bits per heavy atom. The molecule has 0 aliphatic carbocycles. The van der Waals surface area contributed by atoms with Gasteiger partial charge in [0.05, 0.1) is 4.90 Å². The summed E-state index contributed by atoms with van der Waals surface area (Å²) in [4.78, 5) is 24.3. The van der Waals surface area contributed by atoms with Crippen LogP contribution in [0.25, 0.3) is 11.0 Å². The lowest BCUT2D eigenvalue weighted by Crippen LogP contribution is -2.30. The SMILES string of the molecule is CCN(CC)S(=O)(=O)c1ccc(NC(=O)COc2ccc3c(C)c(C)c(=O)oc3c2)cc1. The maximum absolute atomic E-state index is 12.5. The molecule has 0 spiro atoms. The van der Waals surface area contributed by atoms with Crippen LogP contribution in [0.15, 0.2) is 56.6 Å². The molecule has 3 aromatic rings. The second kappa shape index (κ2) is 9.54. The average molecular weight is 459 g/mol. The van der Waals surface area contributed by atoms with Crippen molar-refractivity contribution in [1.82, 2.24) is 4.31 Å². The Labute approximate surface area is 186 Å². The van der Waals surface area contributed by atoms with Crippen molar-refractivity contribution < 1.29 is 22.4 Å². The van der Waals surface area contributed by atoms with Crippen LogP contribution in [-0.2, 0) is 14.8 Å². The van der Waals surface area contributed by atoms with Crippen molar-refractivity contribution in [3.63, 3.8) is 0 Å². The van der Waals surface area contributed by atoms with Gasteiger partial charge in [0.15, 0.2) is 6.61 Å². The van der Waals surface area contributed by atoms with Crippen molar-refractivity contribution in [1.29, 1.82) is 0 Å². The molecule has 0 aliphatic heterocycles. The van der Waals surface area contributed by atoms with Gasteiger partial charge >= 0.3 is 5.63 Å². The van der Waals surface area contributed by atoms with Crippen molar-refractivity contribution in [2.75, 3.05) is 25.0 Å². The fraction of sp³-hybridized carbons (Fsp3) is 0.304. The fourth-order valence-corrected chi connectivity index (χ4v) is 4.74. The maximum atomic E-state index is 12.5. The van der Waals surface area contributed by atoms with Gasteiger partial charge in [0.1, 0.15) is 11.3 Å². The number of carbonyl (C=O) groups excluding carboxylic acids is 1. The van der Waals surface area contributed by atoms with Crippen molar-refractivity contribution in [2.24, 2.45) is 0 Å². The van der Waals surface area contributed by atoms with Crippen molar-refractivity contribution >= 4 is 32.6 Å². The van der Waals surface area contributed by atoms with E-state index in [0.29, 0.717) is 35.7 Å². The van der Waals surface area contributed by atoms with E-state index in [1.807, 2.05) is 6.92 Å². The van der Waals surface area contributed by atoms with E-state index in [4.69, 9.17) is 9.15 Å². The fourth-order valence-electron chi connectivity index (χ4n) is 3.29. The van der Waals surface area contributed by atoms with E-state index in [1.54, 1.807) is 39.0 Å². The minimum atomic E-state index is -3.55. The number of nitrogens with zero attached hydrogens (tertiary/aromatic N) is 1. The van der Waals surface area contributed by atoms with Gasteiger partial charge in [-0.2, -0.15) is 4.31 Å². The Morgan fingerprint density at radius 2 is 1.69 bits per heavy atom. The molecule has 170 valence electrons. The number of sulfonamides is 1. The third kappa shape index (κ3) is 4.84. The number of benzene rings is 2. The lowest BCUT2D eigenvalue weighted by Gasteiger charge is -2.18. The average Bonchev–Trinajstić information content (AvgIpc) is 2.77. The number of hydrogen-bond acceptors (Lipinski definition) is 6. The zero-order valence-corrected chi connectivity index (χ0v) is 19.3. The second-order valence-corrected chi connectivity index (χ2v) is 9.19. The molecular formula is C23H26N2O6S. The quantitative estimate of drug-likeness (QED) is 0.518. The van der Waals surface area contributed by atoms with Gasteiger partial charge in [0.2, 0.25) is 10.0 Å². The molecule has 9 heteroatoms. The normalized spacial score (nSPS) is 11.7. The third-order valence-corrected chi connectivity index (χ3v) is 7.34. The summed E-state index contributed by atoms with van der Waals surface area (Å²) in [5, 5.41) is 3.47. The van der Waals surface area contributed by atoms with Crippen molar-refractivity contribution in [2.45, 2.75) is 32.6 Å². The molecule has 1 N–H and O–H groups in total. The van der Waals surface area contributed by atoms with Gasteiger partial charge in [-0.25, -0.2) is 13.2 Å². The molecule has 0 aliphatic rings. The van der Waals surface area contributed by atoms with E-state index in [1.165, 1.54) is 28.6 Å². The number of aryl methyl sites for hydroxylation is 1. The summed E-state index contributed by atoms with van der Waals surface area (Å²) in [7, 11) is -3.55. The van der Waals surface area contributed by atoms with E-state index >= 15 is 0 Å². The van der Waals surface area contributed by atoms with Crippen molar-refractivity contribution in [3.8, 4) is 5.75 Å². The minimum Gasteiger partial charge on any atom is -0.484 e. The largest absolute Gasteiger partial charge is 0.484 e. The molecule has 0 bridgehead atoms. The molecule has 1 aromatic heterocycles. The van der Waals surface area contributed by atoms with E-state index in [2.05, 4.69) is 5.32 Å². The Balaban J connectivity index is 1.65. The highest BCUT2D eigenvalue weighted by molar-refractivity contribution is 7.89. The molecule has 0 saturated carbocycles. The van der Waals surface area contributed by atoms with Gasteiger partial charge < -0.3 is 14.5 Å². The topological polar surface area (TPSA) is 106 Å². The zero-order chi connectivity index (χ0) is 23.5. The first-order valence-corrected chi connectivity index (χ1v) is 11.7. The smallest absolute Gasteiger partial charge is 0.339 e. The van der Waals surface area contributed by atoms with E-state index in [0.717, 1.165) is 10.9 Å². The summed E-state index contributed by atoms with van der Waals surface area (Å²) in [6.45, 7) is 7.61. The van der Waals surface area contributed by atoms with Crippen LogP contribution in [0.3, 0.4) is 0 Å². The lowest BCUT2D eigenvalue weighted by atomic mass is 10.1. The Bertz CT molecular complexity index is 1290. The van der Waals surface area contributed by atoms with Crippen LogP contribution in [-0.4, -0.2) is 38.3 Å². The summed E-state index contributed by atoms with van der Waals surface area (Å²) in [6, 6.07) is 11.0. The summed E-state index contributed by atoms with van der Waals surface area (Å²) in [5.41, 5.74) is 1.83. The summed E-state index contributed by atoms with van der Waals surface area (Å²) < 4.78 is 37.2. The van der Waals surface area contributed by atoms with Crippen LogP contribution in [0.1, 0.15) is 25.0 Å². The summed E-state index contributed by atoms with van der Waals surface area (Å²) >= 11 is 0. The highest BCUT2D eigenvalue weighted by atomic mass is 32.2. The van der Waals surface area contributed by atoms with Crippen LogP contribution in [0.5, 0.6) is 5.75 Å². The highest BCUT2D eigenvalue weighted by Gasteiger charge is 2.21. The predicted molar refractivity (Wildman–Crippen MR) is 123 cm³/mol. The molecule has 8 nitrogen and oxygen atoms in total. The minimum absolute atomic E-state index is 0.165. The highest BCUT2D eigenvalue weighted by Crippen LogP contribution is 2.24. The number of nitrogens with one attached hydrogen (secondary N) is 1. The first kappa shape index (κ1) is 23.5. The summed E-state index contributed by atoms with van der Waals surface area (Å²) in [5.74, 6) is -0.0225. The molecule has 2 aromatic carbocycles. The standard InChI is InChI=1S/C23H26N2O6S/c1-5-25(6-2)32(28,29)19-10-7-17(8-11-19)24-22(26)14-30-18-9-12-20-15(3)16(4)23(27)31-21(20)13-18/h7-13H,5-6,14H2,1-4H3,(H,24,26). The molecule has 0 radical (unpaired) electrons. The van der Waals surface area contributed by atoms with Crippen LogP contribution in [0.2, 0.25) is 0 Å². The molecule has 0 saturated heterocycles. The number of ether oxygens (including phenoxy) is 1. The number of anilines is 1. The van der Waals surface area contributed by atoms with E-state index in [-0.39, 0.29) is 11.5 Å². The Morgan fingerprint density at radius 1 is 1.03 bits per heavy atom. The zero-order valence-electron chi connectivity index (χ0n) is 18.5. The van der Waals surface area contributed by atoms with E-state index in [9.17, 15) is 18.0 Å². The molecule has 1 heterocycles. The van der Waals surface area contributed by atoms with Crippen LogP contribution < -0.4 is 15.7 Å². The molecule has 0 unspecified atom stereocenters. The van der Waals surface area contributed by atoms with Gasteiger partial charge in [0.25, 0.3) is 5.91 Å². The number of carbonyl (C=O) groups is 1. The maximum Gasteiger partial charge on any atom is 0.339 e. The van der Waals surface area contributed by atoms with Gasteiger partial charge in [-0.05, 0) is 55.8 Å². The summed E-state index contributed by atoms with van der Waals surface area (Å²) in [6.07, 6.45) is 0. The van der Waals surface area contributed by atoms with Crippen LogP contribution in [0, 0.1) is 13.8 Å². The van der Waals surface area contributed by atoms with Gasteiger partial charge in [-0.3, -0.25) is 4.79 Å². The molecule has 1 amide bonds. The number of fused-ring (bicyclic) bond motifs is 1. The monoisotopic (exact) mass is 458 g/mol. The number of amides is 1. The van der Waals surface area contributed by atoms with Gasteiger partial charge in [-0.1, -0.05) is 13.8 Å². The Hall–Kier alpha value is -3.17. The first-order valence-electron chi connectivity index (χ1n) is 10.2. The van der Waals surface area contributed by atoms with Crippen molar-refractivity contribution in [3.05, 3.63) is 64.0 Å². The first-order chi connectivity index (χ1) is 15.2. The lowest BCUT2D eigenvalue weighted by molar-refractivity contribution is -0.118. The molecule has 32 heavy (non-hydrogen) atoms. The molecule has 3 rings (SSSR count). The van der Waals surface area contributed by atoms with Gasteiger partial charge in [-0.15, -0.1) is 0 Å². The molecular weight excluding hydrogens is 432 g/mol. The van der Waals surface area contributed by atoms with Gasteiger partial charge in [0, 0.05) is 35.8 Å². The molecule has 0 atom stereocenters. The second-order valence-electron chi connectivity index (χ2n) is 7.25.